The summed E-state index contributed by atoms with van der Waals surface area (Å²) in [4.78, 5) is 49.2. The zero-order valence-electron chi connectivity index (χ0n) is 39.0. The summed E-state index contributed by atoms with van der Waals surface area (Å²) >= 11 is 0. The molecular formula is C47H73NO14. The molecule has 2 aliphatic heterocycles. The molecule has 2 heterocycles. The Balaban J connectivity index is 1.89. The second-order valence-electron chi connectivity index (χ2n) is 16.5. The summed E-state index contributed by atoms with van der Waals surface area (Å²) in [5.74, 6) is -1.03. The van der Waals surface area contributed by atoms with Crippen molar-refractivity contribution in [3.05, 3.63) is 69.8 Å². The Bertz CT molecular complexity index is 1630. The van der Waals surface area contributed by atoms with Crippen LogP contribution in [0.1, 0.15) is 122 Å². The van der Waals surface area contributed by atoms with Crippen molar-refractivity contribution >= 4 is 17.6 Å². The summed E-state index contributed by atoms with van der Waals surface area (Å²) in [6.07, 6.45) is 7.61. The number of non-ortho nitro benzene ring substituents is 1. The number of hydrogen-bond donors (Lipinski definition) is 0. The highest BCUT2D eigenvalue weighted by Gasteiger charge is 2.46. The zero-order chi connectivity index (χ0) is 46.0. The molecule has 12 atom stereocenters. The summed E-state index contributed by atoms with van der Waals surface area (Å²) in [6.45, 7) is 24.5. The summed E-state index contributed by atoms with van der Waals surface area (Å²) < 4.78 is 48.3. The molecular weight excluding hydrogens is 803 g/mol. The molecule has 0 bridgehead atoms. The predicted octanol–water partition coefficient (Wildman–Crippen LogP) is 9.52. The lowest BCUT2D eigenvalue weighted by Crippen LogP contribution is -2.41. The molecule has 1 aromatic rings. The van der Waals surface area contributed by atoms with Crippen LogP contribution in [0.15, 0.2) is 59.7 Å². The van der Waals surface area contributed by atoms with E-state index in [4.69, 9.17) is 47.7 Å². The van der Waals surface area contributed by atoms with E-state index in [-0.39, 0.29) is 78.6 Å². The second-order valence-corrected chi connectivity index (χ2v) is 16.5. The van der Waals surface area contributed by atoms with Gasteiger partial charge in [-0.1, -0.05) is 52.0 Å². The monoisotopic (exact) mass is 876 g/mol. The number of nitro groups is 1. The van der Waals surface area contributed by atoms with Gasteiger partial charge >= 0.3 is 11.9 Å². The number of epoxide rings is 1. The highest BCUT2D eigenvalue weighted by atomic mass is 17.2. The van der Waals surface area contributed by atoms with E-state index in [1.165, 1.54) is 24.3 Å². The summed E-state index contributed by atoms with van der Waals surface area (Å²) in [7, 11) is 0. The van der Waals surface area contributed by atoms with E-state index < -0.39 is 47.3 Å². The van der Waals surface area contributed by atoms with Gasteiger partial charge in [-0.2, -0.15) is 0 Å². The minimum atomic E-state index is -1.31. The average molecular weight is 876 g/mol. The standard InChI is InChI=1S/C47H73NO14/c1-13-41(57-35(10)54-15-3)33(8)45-42(58-45)28-30(5)18-17-19-31(6)44-32(7)20-25-40(46(50)62-61-38-23-21-37(22-24-38)48(51)52)47(12,60-36(11)55-16-4)27-26-39(29-43(49)59-44)56-34(9)53-14-2/h17-19,21-25,30,32-36,39,41-42,44-45H,13-16,20,26-29H2,1-12H3. The topological polar surface area (TPSA) is 173 Å². The lowest BCUT2D eigenvalue weighted by molar-refractivity contribution is -0.384. The number of esters is 1. The molecule has 1 fully saturated rings. The number of nitrogens with zero attached hydrogens (tertiary/aromatic N) is 1. The normalized spacial score (nSPS) is 26.8. The zero-order valence-corrected chi connectivity index (χ0v) is 39.0. The number of carbonyl (C=O) groups excluding carboxylic acids is 2. The summed E-state index contributed by atoms with van der Waals surface area (Å²) in [5, 5.41) is 11.2. The number of ether oxygens (including phenoxy) is 8. The van der Waals surface area contributed by atoms with Gasteiger partial charge in [0.15, 0.2) is 24.6 Å². The van der Waals surface area contributed by atoms with E-state index in [1.807, 2.05) is 53.7 Å². The van der Waals surface area contributed by atoms with Gasteiger partial charge in [0, 0.05) is 43.8 Å². The quantitative estimate of drug-likeness (QED) is 0.0183. The van der Waals surface area contributed by atoms with Crippen molar-refractivity contribution < 1.29 is 62.2 Å². The van der Waals surface area contributed by atoms with Gasteiger partial charge in [-0.15, -0.1) is 0 Å². The molecule has 0 aliphatic carbocycles. The van der Waals surface area contributed by atoms with E-state index in [0.29, 0.717) is 26.2 Å². The third-order valence-corrected chi connectivity index (χ3v) is 11.2. The Morgan fingerprint density at radius 2 is 1.63 bits per heavy atom. The first-order valence-corrected chi connectivity index (χ1v) is 22.3. The van der Waals surface area contributed by atoms with E-state index >= 15 is 0 Å². The minimum Gasteiger partial charge on any atom is -0.457 e. The predicted molar refractivity (Wildman–Crippen MR) is 233 cm³/mol. The van der Waals surface area contributed by atoms with Crippen molar-refractivity contribution in [2.45, 2.75) is 177 Å². The van der Waals surface area contributed by atoms with Crippen LogP contribution in [0.2, 0.25) is 0 Å². The van der Waals surface area contributed by atoms with Crippen LogP contribution in [0.5, 0.6) is 5.75 Å². The number of rotatable bonds is 24. The number of benzene rings is 1. The summed E-state index contributed by atoms with van der Waals surface area (Å²) in [6, 6.07) is 5.16. The number of allylic oxidation sites excluding steroid dienone is 4. The molecule has 0 N–H and O–H groups in total. The van der Waals surface area contributed by atoms with Gasteiger partial charge in [0.25, 0.3) is 5.69 Å². The van der Waals surface area contributed by atoms with Crippen LogP contribution >= 0.6 is 0 Å². The fraction of sp³-hybridized carbons (Fsp3) is 0.702. The number of carbonyl (C=O) groups is 2. The van der Waals surface area contributed by atoms with Gasteiger partial charge < -0.3 is 37.9 Å². The minimum absolute atomic E-state index is 0.0424. The van der Waals surface area contributed by atoms with Crippen LogP contribution in [0, 0.1) is 27.9 Å². The SMILES string of the molecule is CCOC(C)OC1CCC(C)(OC(C)OCC)C(C(=O)OOc2ccc([N+](=O)[O-])cc2)=CCC(C)C(C(C)=CC=CC(C)CC2OC2C(C)C(CC)OC(C)OCC)OC(=O)C1. The Kier molecular flexibility index (Phi) is 22.2. The van der Waals surface area contributed by atoms with Crippen LogP contribution in [-0.2, 0) is 52.4 Å². The van der Waals surface area contributed by atoms with Crippen LogP contribution in [0.25, 0.3) is 0 Å². The van der Waals surface area contributed by atoms with Crippen LogP contribution in [0.4, 0.5) is 5.69 Å². The molecule has 0 spiro atoms. The van der Waals surface area contributed by atoms with Crippen molar-refractivity contribution in [2.24, 2.45) is 17.8 Å². The molecule has 12 unspecified atom stereocenters. The lowest BCUT2D eigenvalue weighted by atomic mass is 9.85. The number of nitro benzene ring substituents is 1. The molecule has 1 saturated heterocycles. The molecule has 1 aromatic carbocycles. The van der Waals surface area contributed by atoms with E-state index in [9.17, 15) is 19.7 Å². The van der Waals surface area contributed by atoms with Gasteiger partial charge in [-0.25, -0.2) is 9.68 Å². The van der Waals surface area contributed by atoms with Crippen molar-refractivity contribution in [1.29, 1.82) is 0 Å². The third-order valence-electron chi connectivity index (χ3n) is 11.2. The van der Waals surface area contributed by atoms with Crippen LogP contribution in [-0.4, -0.2) is 91.7 Å². The van der Waals surface area contributed by atoms with Crippen molar-refractivity contribution in [3.8, 4) is 5.75 Å². The Morgan fingerprint density at radius 3 is 2.26 bits per heavy atom. The van der Waals surface area contributed by atoms with Crippen LogP contribution < -0.4 is 4.89 Å². The highest BCUT2D eigenvalue weighted by Crippen LogP contribution is 2.38. The third kappa shape index (κ3) is 17.1. The maximum Gasteiger partial charge on any atom is 0.384 e. The van der Waals surface area contributed by atoms with E-state index in [2.05, 4.69) is 26.8 Å². The molecule has 0 saturated carbocycles. The molecule has 62 heavy (non-hydrogen) atoms. The second kappa shape index (κ2) is 26.2. The fourth-order valence-electron chi connectivity index (χ4n) is 7.89. The molecule has 15 nitrogen and oxygen atoms in total. The Labute approximate surface area is 368 Å². The van der Waals surface area contributed by atoms with Gasteiger partial charge in [-0.3, -0.25) is 19.8 Å². The lowest BCUT2D eigenvalue weighted by Gasteiger charge is -2.36. The molecule has 3 rings (SSSR count). The largest absolute Gasteiger partial charge is 0.457 e. The molecule has 0 amide bonds. The van der Waals surface area contributed by atoms with Crippen molar-refractivity contribution in [2.75, 3.05) is 19.8 Å². The van der Waals surface area contributed by atoms with Crippen molar-refractivity contribution in [3.63, 3.8) is 0 Å². The Morgan fingerprint density at radius 1 is 0.984 bits per heavy atom. The van der Waals surface area contributed by atoms with Gasteiger partial charge in [0.2, 0.25) is 0 Å². The molecule has 0 aromatic heterocycles. The van der Waals surface area contributed by atoms with E-state index in [0.717, 1.165) is 18.4 Å². The smallest absolute Gasteiger partial charge is 0.384 e. The fourth-order valence-corrected chi connectivity index (χ4v) is 7.89. The van der Waals surface area contributed by atoms with Gasteiger partial charge in [-0.05, 0) is 111 Å². The molecule has 2 aliphatic rings. The maximum absolute atomic E-state index is 14.1. The number of cyclic esters (lactones) is 1. The van der Waals surface area contributed by atoms with Gasteiger partial charge in [0.1, 0.15) is 11.7 Å². The first-order chi connectivity index (χ1) is 29.4. The molecule has 15 heteroatoms. The highest BCUT2D eigenvalue weighted by molar-refractivity contribution is 5.90. The Hall–Kier alpha value is -3.70. The van der Waals surface area contributed by atoms with Crippen molar-refractivity contribution in [1.82, 2.24) is 0 Å². The van der Waals surface area contributed by atoms with Crippen LogP contribution in [0.3, 0.4) is 0 Å². The van der Waals surface area contributed by atoms with E-state index in [1.54, 1.807) is 26.8 Å². The first-order valence-electron chi connectivity index (χ1n) is 22.3. The molecule has 350 valence electrons. The molecule has 0 radical (unpaired) electrons. The van der Waals surface area contributed by atoms with Gasteiger partial charge in [0.05, 0.1) is 41.3 Å². The first kappa shape index (κ1) is 52.6. The maximum atomic E-state index is 14.1. The number of hydrogen-bond acceptors (Lipinski definition) is 14. The average Bonchev–Trinajstić information content (AvgIpc) is 3.98. The summed E-state index contributed by atoms with van der Waals surface area (Å²) in [5.41, 5.74) is -0.476.